The van der Waals surface area contributed by atoms with Crippen molar-refractivity contribution in [1.29, 1.82) is 0 Å². The van der Waals surface area contributed by atoms with Gasteiger partial charge in [0.15, 0.2) is 0 Å². The number of ether oxygens (including phenoxy) is 1. The normalized spacial score (nSPS) is 19.4. The van der Waals surface area contributed by atoms with E-state index in [1.165, 1.54) is 10.4 Å². The Kier molecular flexibility index (Phi) is 3.90. The lowest BCUT2D eigenvalue weighted by atomic mass is 9.81. The van der Waals surface area contributed by atoms with Crippen LogP contribution in [-0.4, -0.2) is 12.2 Å². The van der Waals surface area contributed by atoms with Crippen molar-refractivity contribution in [3.05, 3.63) is 76.0 Å². The number of thiophene rings is 1. The molecule has 1 aromatic heterocycles. The van der Waals surface area contributed by atoms with E-state index in [0.29, 0.717) is 5.75 Å². The Balaban J connectivity index is 1.82. The number of hydrogen-bond donors (Lipinski definition) is 2. The lowest BCUT2D eigenvalue weighted by Crippen LogP contribution is -2.21. The Morgan fingerprint density at radius 2 is 1.96 bits per heavy atom. The first-order valence-corrected chi connectivity index (χ1v) is 8.90. The van der Waals surface area contributed by atoms with E-state index >= 15 is 0 Å². The van der Waals surface area contributed by atoms with Crippen molar-refractivity contribution in [3.8, 4) is 11.5 Å². The number of aromatic hydroxyl groups is 1. The number of nitrogens with one attached hydrogen (secondary N) is 1. The van der Waals surface area contributed by atoms with E-state index in [9.17, 15) is 5.11 Å². The molecule has 122 valence electrons. The number of fused-ring (bicyclic) bond motifs is 1. The molecule has 3 aromatic rings. The van der Waals surface area contributed by atoms with Crippen LogP contribution in [0.5, 0.6) is 11.5 Å². The fraction of sp³-hybridized carbons (Fsp3) is 0.200. The number of anilines is 1. The van der Waals surface area contributed by atoms with E-state index in [-0.39, 0.29) is 12.0 Å². The summed E-state index contributed by atoms with van der Waals surface area (Å²) in [5.41, 5.74) is 3.24. The molecule has 0 spiro atoms. The molecule has 3 nitrogen and oxygen atoms in total. The molecule has 0 unspecified atom stereocenters. The van der Waals surface area contributed by atoms with Crippen LogP contribution in [-0.2, 0) is 0 Å². The lowest BCUT2D eigenvalue weighted by molar-refractivity contribution is 0.413. The van der Waals surface area contributed by atoms with Crippen LogP contribution < -0.4 is 10.1 Å². The highest BCUT2D eigenvalue weighted by Gasteiger charge is 2.30. The fourth-order valence-electron chi connectivity index (χ4n) is 3.45. The van der Waals surface area contributed by atoms with Gasteiger partial charge in [0.2, 0.25) is 0 Å². The van der Waals surface area contributed by atoms with Crippen molar-refractivity contribution in [2.75, 3.05) is 12.4 Å². The van der Waals surface area contributed by atoms with Crippen molar-refractivity contribution in [2.24, 2.45) is 0 Å². The molecular formula is C20H19NO2S. The van der Waals surface area contributed by atoms with Gasteiger partial charge in [-0.05, 0) is 47.7 Å². The number of hydrogen-bond acceptors (Lipinski definition) is 4. The van der Waals surface area contributed by atoms with Gasteiger partial charge in [0.1, 0.15) is 11.5 Å². The maximum atomic E-state index is 10.4. The zero-order chi connectivity index (χ0) is 16.5. The first-order valence-electron chi connectivity index (χ1n) is 8.02. The maximum absolute atomic E-state index is 10.4. The van der Waals surface area contributed by atoms with E-state index in [1.807, 2.05) is 24.3 Å². The summed E-state index contributed by atoms with van der Waals surface area (Å²) in [6.45, 7) is 0. The molecule has 0 amide bonds. The molecule has 0 radical (unpaired) electrons. The van der Waals surface area contributed by atoms with Crippen LogP contribution in [0.15, 0.2) is 60.0 Å². The van der Waals surface area contributed by atoms with Crippen LogP contribution in [0.3, 0.4) is 0 Å². The third-order valence-corrected chi connectivity index (χ3v) is 5.62. The lowest BCUT2D eigenvalue weighted by Gasteiger charge is -2.33. The Morgan fingerprint density at radius 1 is 1.08 bits per heavy atom. The van der Waals surface area contributed by atoms with E-state index in [0.717, 1.165) is 23.4 Å². The average Bonchev–Trinajstić information content (AvgIpc) is 3.15. The molecule has 0 saturated carbocycles. The van der Waals surface area contributed by atoms with Gasteiger partial charge >= 0.3 is 0 Å². The van der Waals surface area contributed by atoms with Crippen LogP contribution in [0.1, 0.15) is 34.4 Å². The standard InChI is InChI=1S/C20H19NO2S/c1-23-13-8-9-17-16(11-13)15(14-5-2-3-6-19(14)22)12-18(21-17)20-7-4-10-24-20/h2-11,15,18,21-22H,12H2,1H3/t15-,18+/m1/s1. The molecule has 4 rings (SSSR count). The van der Waals surface area contributed by atoms with Crippen molar-refractivity contribution < 1.29 is 9.84 Å². The third-order valence-electron chi connectivity index (χ3n) is 4.63. The minimum atomic E-state index is 0.129. The molecule has 2 aromatic carbocycles. The van der Waals surface area contributed by atoms with Gasteiger partial charge < -0.3 is 15.2 Å². The predicted molar refractivity (Wildman–Crippen MR) is 98.2 cm³/mol. The van der Waals surface area contributed by atoms with Crippen LogP contribution in [0, 0.1) is 0 Å². The first-order chi connectivity index (χ1) is 11.8. The summed E-state index contributed by atoms with van der Waals surface area (Å²) in [6, 6.07) is 18.2. The van der Waals surface area contributed by atoms with Gasteiger partial charge in [-0.2, -0.15) is 0 Å². The second-order valence-corrected chi connectivity index (χ2v) is 6.99. The summed E-state index contributed by atoms with van der Waals surface area (Å²) in [6.07, 6.45) is 0.901. The SMILES string of the molecule is COc1ccc2c(c1)[C@@H](c1ccccc1O)C[C@@H](c1cccs1)N2. The van der Waals surface area contributed by atoms with Gasteiger partial charge in [-0.1, -0.05) is 24.3 Å². The summed E-state index contributed by atoms with van der Waals surface area (Å²) >= 11 is 1.76. The maximum Gasteiger partial charge on any atom is 0.119 e. The Hall–Kier alpha value is -2.46. The Labute approximate surface area is 145 Å². The average molecular weight is 337 g/mol. The van der Waals surface area contributed by atoms with Crippen molar-refractivity contribution in [2.45, 2.75) is 18.4 Å². The van der Waals surface area contributed by atoms with Crippen LogP contribution in [0.2, 0.25) is 0 Å². The van der Waals surface area contributed by atoms with Crippen LogP contribution in [0.25, 0.3) is 0 Å². The number of methoxy groups -OCH3 is 1. The summed E-state index contributed by atoms with van der Waals surface area (Å²) in [5, 5.41) is 16.1. The number of para-hydroxylation sites is 1. The summed E-state index contributed by atoms with van der Waals surface area (Å²) in [7, 11) is 1.68. The summed E-state index contributed by atoms with van der Waals surface area (Å²) in [4.78, 5) is 1.32. The van der Waals surface area contributed by atoms with Crippen LogP contribution >= 0.6 is 11.3 Å². The molecule has 1 aliphatic heterocycles. The predicted octanol–water partition coefficient (Wildman–Crippen LogP) is 5.15. The largest absolute Gasteiger partial charge is 0.508 e. The number of benzene rings is 2. The van der Waals surface area contributed by atoms with Crippen molar-refractivity contribution >= 4 is 17.0 Å². The molecular weight excluding hydrogens is 318 g/mol. The molecule has 0 fully saturated rings. The Bertz CT molecular complexity index is 845. The second-order valence-electron chi connectivity index (χ2n) is 6.01. The molecule has 4 heteroatoms. The molecule has 0 bridgehead atoms. The number of rotatable bonds is 3. The topological polar surface area (TPSA) is 41.5 Å². The van der Waals surface area contributed by atoms with Crippen molar-refractivity contribution in [1.82, 2.24) is 0 Å². The van der Waals surface area contributed by atoms with Crippen LogP contribution in [0.4, 0.5) is 5.69 Å². The summed E-state index contributed by atoms with van der Waals surface area (Å²) < 4.78 is 5.41. The molecule has 24 heavy (non-hydrogen) atoms. The van der Waals surface area contributed by atoms with Gasteiger partial charge in [0.25, 0.3) is 0 Å². The molecule has 0 saturated heterocycles. The zero-order valence-electron chi connectivity index (χ0n) is 13.4. The number of phenols is 1. The minimum absolute atomic E-state index is 0.129. The summed E-state index contributed by atoms with van der Waals surface area (Å²) in [5.74, 6) is 1.32. The van der Waals surface area contributed by atoms with Gasteiger partial charge in [-0.25, -0.2) is 0 Å². The number of phenolic OH excluding ortho intramolecular Hbond substituents is 1. The van der Waals surface area contributed by atoms with E-state index in [2.05, 4.69) is 35.0 Å². The van der Waals surface area contributed by atoms with Crippen molar-refractivity contribution in [3.63, 3.8) is 0 Å². The highest BCUT2D eigenvalue weighted by molar-refractivity contribution is 7.10. The first kappa shape index (κ1) is 15.1. The fourth-order valence-corrected chi connectivity index (χ4v) is 4.24. The molecule has 2 N–H and O–H groups in total. The van der Waals surface area contributed by atoms with E-state index in [1.54, 1.807) is 24.5 Å². The highest BCUT2D eigenvalue weighted by atomic mass is 32.1. The van der Waals surface area contributed by atoms with Gasteiger partial charge in [0, 0.05) is 22.0 Å². The van der Waals surface area contributed by atoms with E-state index < -0.39 is 0 Å². The Morgan fingerprint density at radius 3 is 2.71 bits per heavy atom. The third kappa shape index (κ3) is 2.63. The molecule has 2 atom stereocenters. The minimum Gasteiger partial charge on any atom is -0.508 e. The van der Waals surface area contributed by atoms with Gasteiger partial charge in [-0.15, -0.1) is 11.3 Å². The van der Waals surface area contributed by atoms with E-state index in [4.69, 9.17) is 4.74 Å². The van der Waals surface area contributed by atoms with Gasteiger partial charge in [0.05, 0.1) is 13.2 Å². The molecule has 0 aliphatic carbocycles. The quantitative estimate of drug-likeness (QED) is 0.694. The molecule has 1 aliphatic rings. The monoisotopic (exact) mass is 337 g/mol. The highest BCUT2D eigenvalue weighted by Crippen LogP contribution is 2.47. The second kappa shape index (κ2) is 6.21. The molecule has 2 heterocycles. The smallest absolute Gasteiger partial charge is 0.119 e. The zero-order valence-corrected chi connectivity index (χ0v) is 14.2. The van der Waals surface area contributed by atoms with Gasteiger partial charge in [-0.3, -0.25) is 0 Å².